The lowest BCUT2D eigenvalue weighted by Gasteiger charge is -2.14. The third-order valence-electron chi connectivity index (χ3n) is 4.09. The van der Waals surface area contributed by atoms with Gasteiger partial charge in [-0.25, -0.2) is 9.97 Å². The van der Waals surface area contributed by atoms with E-state index in [1.165, 1.54) is 33.6 Å². The minimum absolute atomic E-state index is 0.212. The molecule has 29 heavy (non-hydrogen) atoms. The molecule has 0 radical (unpaired) electrons. The van der Waals surface area contributed by atoms with Crippen LogP contribution in [0.1, 0.15) is 16.1 Å². The van der Waals surface area contributed by atoms with Crippen LogP contribution in [-0.2, 0) is 0 Å². The van der Waals surface area contributed by atoms with Gasteiger partial charge in [0.25, 0.3) is 5.91 Å². The molecule has 0 bridgehead atoms. The smallest absolute Gasteiger partial charge is 0.274 e. The highest BCUT2D eigenvalue weighted by Gasteiger charge is 2.16. The first-order valence-electron chi connectivity index (χ1n) is 8.82. The second kappa shape index (κ2) is 8.92. The average Bonchev–Trinajstić information content (AvgIpc) is 2.73. The van der Waals surface area contributed by atoms with E-state index in [1.54, 1.807) is 12.1 Å². The van der Waals surface area contributed by atoms with Crippen molar-refractivity contribution in [2.45, 2.75) is 6.92 Å². The largest absolute Gasteiger partial charge is 0.493 e. The summed E-state index contributed by atoms with van der Waals surface area (Å²) in [6.07, 6.45) is 1.52. The van der Waals surface area contributed by atoms with Gasteiger partial charge in [-0.15, -0.1) is 0 Å². The summed E-state index contributed by atoms with van der Waals surface area (Å²) in [4.78, 5) is 21.1. The van der Waals surface area contributed by atoms with Crippen molar-refractivity contribution in [3.8, 4) is 17.2 Å². The van der Waals surface area contributed by atoms with Crippen molar-refractivity contribution in [3.05, 3.63) is 59.9 Å². The summed E-state index contributed by atoms with van der Waals surface area (Å²) in [5, 5.41) is 5.88. The van der Waals surface area contributed by atoms with Gasteiger partial charge in [0.1, 0.15) is 5.69 Å². The Morgan fingerprint density at radius 3 is 2.28 bits per heavy atom. The third kappa shape index (κ3) is 4.73. The van der Waals surface area contributed by atoms with Crippen LogP contribution < -0.4 is 24.8 Å². The minimum Gasteiger partial charge on any atom is -0.493 e. The zero-order valence-electron chi connectivity index (χ0n) is 16.6. The molecule has 150 valence electrons. The number of carbonyl (C=O) groups is 1. The number of amides is 1. The van der Waals surface area contributed by atoms with E-state index in [0.29, 0.717) is 28.9 Å². The van der Waals surface area contributed by atoms with Crippen LogP contribution in [-0.4, -0.2) is 37.2 Å². The minimum atomic E-state index is -0.394. The second-order valence-electron chi connectivity index (χ2n) is 6.13. The molecular formula is C21H22N4O4. The molecule has 2 N–H and O–H groups in total. The maximum absolute atomic E-state index is 12.7. The number of anilines is 3. The average molecular weight is 394 g/mol. The van der Waals surface area contributed by atoms with Gasteiger partial charge < -0.3 is 24.8 Å². The van der Waals surface area contributed by atoms with Crippen LogP contribution in [0.3, 0.4) is 0 Å². The van der Waals surface area contributed by atoms with E-state index in [1.807, 2.05) is 31.2 Å². The third-order valence-corrected chi connectivity index (χ3v) is 4.09. The quantitative estimate of drug-likeness (QED) is 0.629. The monoisotopic (exact) mass is 394 g/mol. The van der Waals surface area contributed by atoms with Gasteiger partial charge in [-0.1, -0.05) is 12.1 Å². The summed E-state index contributed by atoms with van der Waals surface area (Å²) < 4.78 is 15.9. The fraction of sp³-hybridized carbons (Fsp3) is 0.190. The maximum Gasteiger partial charge on any atom is 0.274 e. The predicted octanol–water partition coefficient (Wildman–Crippen LogP) is 3.81. The highest BCUT2D eigenvalue weighted by Crippen LogP contribution is 2.40. The summed E-state index contributed by atoms with van der Waals surface area (Å²) in [6.45, 7) is 1.99. The Morgan fingerprint density at radius 2 is 1.66 bits per heavy atom. The molecule has 0 saturated carbocycles. The van der Waals surface area contributed by atoms with Crippen molar-refractivity contribution >= 4 is 23.2 Å². The van der Waals surface area contributed by atoms with Crippen LogP contribution in [0.15, 0.2) is 48.7 Å². The number of carbonyl (C=O) groups excluding carboxylic acids is 1. The topological polar surface area (TPSA) is 94.6 Å². The molecule has 0 atom stereocenters. The Labute approximate surface area is 168 Å². The molecular weight excluding hydrogens is 372 g/mol. The van der Waals surface area contributed by atoms with Crippen molar-refractivity contribution in [3.63, 3.8) is 0 Å². The number of rotatable bonds is 7. The van der Waals surface area contributed by atoms with Gasteiger partial charge in [-0.2, -0.15) is 0 Å². The highest BCUT2D eigenvalue weighted by atomic mass is 16.5. The Balaban J connectivity index is 1.81. The van der Waals surface area contributed by atoms with Gasteiger partial charge >= 0.3 is 0 Å². The molecule has 0 fully saturated rings. The van der Waals surface area contributed by atoms with Crippen LogP contribution in [0.25, 0.3) is 0 Å². The number of methoxy groups -OCH3 is 3. The molecule has 2 aromatic carbocycles. The maximum atomic E-state index is 12.7. The number of ether oxygens (including phenoxy) is 3. The fourth-order valence-corrected chi connectivity index (χ4v) is 2.75. The lowest BCUT2D eigenvalue weighted by Crippen LogP contribution is -2.15. The molecule has 0 spiro atoms. The molecule has 0 aliphatic rings. The van der Waals surface area contributed by atoms with E-state index >= 15 is 0 Å². The SMILES string of the molecule is COc1cc(NC(=O)c2ccnc(Nc3cccc(C)c3)n2)cc(OC)c1OC. The number of nitrogens with one attached hydrogen (secondary N) is 2. The first kappa shape index (κ1) is 19.9. The van der Waals surface area contributed by atoms with Crippen molar-refractivity contribution in [1.29, 1.82) is 0 Å². The van der Waals surface area contributed by atoms with Crippen molar-refractivity contribution in [2.75, 3.05) is 32.0 Å². The van der Waals surface area contributed by atoms with E-state index in [9.17, 15) is 4.79 Å². The van der Waals surface area contributed by atoms with Gasteiger partial charge in [0.05, 0.1) is 21.3 Å². The van der Waals surface area contributed by atoms with Gasteiger partial charge in [0, 0.05) is 29.7 Å². The van der Waals surface area contributed by atoms with Gasteiger partial charge in [0.15, 0.2) is 11.5 Å². The Bertz CT molecular complexity index is 998. The number of hydrogen-bond acceptors (Lipinski definition) is 7. The Hall–Kier alpha value is -3.81. The summed E-state index contributed by atoms with van der Waals surface area (Å²) in [5.74, 6) is 1.25. The van der Waals surface area contributed by atoms with Crippen LogP contribution in [0.4, 0.5) is 17.3 Å². The number of nitrogens with zero attached hydrogens (tertiary/aromatic N) is 2. The Morgan fingerprint density at radius 1 is 0.931 bits per heavy atom. The molecule has 1 amide bonds. The van der Waals surface area contributed by atoms with Crippen molar-refractivity contribution in [1.82, 2.24) is 9.97 Å². The van der Waals surface area contributed by atoms with Crippen LogP contribution in [0.5, 0.6) is 17.2 Å². The molecule has 0 saturated heterocycles. The summed E-state index contributed by atoms with van der Waals surface area (Å²) >= 11 is 0. The lowest BCUT2D eigenvalue weighted by atomic mass is 10.2. The second-order valence-corrected chi connectivity index (χ2v) is 6.13. The first-order chi connectivity index (χ1) is 14.0. The van der Waals surface area contributed by atoms with Gasteiger partial charge in [0.2, 0.25) is 11.7 Å². The first-order valence-corrected chi connectivity index (χ1v) is 8.82. The molecule has 3 rings (SSSR count). The number of hydrogen-bond donors (Lipinski definition) is 2. The Kier molecular flexibility index (Phi) is 6.13. The van der Waals surface area contributed by atoms with E-state index in [4.69, 9.17) is 14.2 Å². The zero-order chi connectivity index (χ0) is 20.8. The van der Waals surface area contributed by atoms with Crippen LogP contribution in [0.2, 0.25) is 0 Å². The fourth-order valence-electron chi connectivity index (χ4n) is 2.75. The molecule has 1 aromatic heterocycles. The standard InChI is InChI=1S/C21H22N4O4/c1-13-6-5-7-14(10-13)24-21-22-9-8-16(25-21)20(26)23-15-11-17(27-2)19(29-4)18(12-15)28-3/h5-12H,1-4H3,(H,23,26)(H,22,24,25). The summed E-state index contributed by atoms with van der Waals surface area (Å²) in [5.41, 5.74) is 2.64. The normalized spacial score (nSPS) is 10.2. The van der Waals surface area contributed by atoms with Crippen LogP contribution in [0, 0.1) is 6.92 Å². The summed E-state index contributed by atoms with van der Waals surface area (Å²) in [6, 6.07) is 12.6. The molecule has 1 heterocycles. The van der Waals surface area contributed by atoms with Gasteiger partial charge in [-0.3, -0.25) is 4.79 Å². The van der Waals surface area contributed by atoms with Gasteiger partial charge in [-0.05, 0) is 30.7 Å². The van der Waals surface area contributed by atoms with Crippen molar-refractivity contribution in [2.24, 2.45) is 0 Å². The van der Waals surface area contributed by atoms with E-state index in [0.717, 1.165) is 11.3 Å². The number of aromatic nitrogens is 2. The molecule has 8 heteroatoms. The number of benzene rings is 2. The zero-order valence-corrected chi connectivity index (χ0v) is 16.6. The molecule has 8 nitrogen and oxygen atoms in total. The van der Waals surface area contributed by atoms with E-state index in [2.05, 4.69) is 20.6 Å². The number of aryl methyl sites for hydroxylation is 1. The molecule has 0 unspecified atom stereocenters. The lowest BCUT2D eigenvalue weighted by molar-refractivity contribution is 0.102. The predicted molar refractivity (Wildman–Crippen MR) is 111 cm³/mol. The molecule has 0 aliphatic carbocycles. The summed E-state index contributed by atoms with van der Waals surface area (Å²) in [7, 11) is 4.54. The van der Waals surface area contributed by atoms with E-state index < -0.39 is 5.91 Å². The molecule has 0 aliphatic heterocycles. The van der Waals surface area contributed by atoms with E-state index in [-0.39, 0.29) is 5.69 Å². The molecule has 3 aromatic rings. The van der Waals surface area contributed by atoms with Crippen LogP contribution >= 0.6 is 0 Å². The highest BCUT2D eigenvalue weighted by molar-refractivity contribution is 6.03. The van der Waals surface area contributed by atoms with Crippen molar-refractivity contribution < 1.29 is 19.0 Å².